The summed E-state index contributed by atoms with van der Waals surface area (Å²) in [5, 5.41) is 3.42. The quantitative estimate of drug-likeness (QED) is 0.742. The Kier molecular flexibility index (Phi) is 4.71. The van der Waals surface area contributed by atoms with Crippen molar-refractivity contribution >= 4 is 5.82 Å². The third-order valence-electron chi connectivity index (χ3n) is 4.90. The van der Waals surface area contributed by atoms with Crippen molar-refractivity contribution in [3.63, 3.8) is 0 Å². The summed E-state index contributed by atoms with van der Waals surface area (Å²) in [5.74, 6) is 2.37. The summed E-state index contributed by atoms with van der Waals surface area (Å²) in [7, 11) is 0. The third kappa shape index (κ3) is 3.60. The summed E-state index contributed by atoms with van der Waals surface area (Å²) in [5.41, 5.74) is 5.08. The molecule has 2 atom stereocenters. The lowest BCUT2D eigenvalue weighted by molar-refractivity contribution is 0.333. The summed E-state index contributed by atoms with van der Waals surface area (Å²) in [6, 6.07) is 8.01. The third-order valence-corrected chi connectivity index (χ3v) is 4.90. The fraction of sp³-hybridized carbons (Fsp3) is 0.333. The van der Waals surface area contributed by atoms with E-state index in [0.29, 0.717) is 12.5 Å². The van der Waals surface area contributed by atoms with Crippen molar-refractivity contribution in [3.05, 3.63) is 59.9 Å². The molecule has 4 heterocycles. The van der Waals surface area contributed by atoms with Crippen LogP contribution in [0.25, 0.3) is 11.3 Å². The van der Waals surface area contributed by atoms with E-state index in [4.69, 9.17) is 4.74 Å². The van der Waals surface area contributed by atoms with Crippen LogP contribution in [0.5, 0.6) is 5.75 Å². The van der Waals surface area contributed by atoms with Gasteiger partial charge in [-0.2, -0.15) is 0 Å². The molecule has 1 N–H and O–H groups in total. The van der Waals surface area contributed by atoms with Gasteiger partial charge in [-0.25, -0.2) is 9.97 Å². The molecule has 3 aromatic heterocycles. The van der Waals surface area contributed by atoms with Crippen LogP contribution >= 0.6 is 0 Å². The number of ether oxygens (including phenoxy) is 1. The summed E-state index contributed by atoms with van der Waals surface area (Å²) in [4.78, 5) is 17.5. The number of nitrogens with one attached hydrogen (secondary N) is 1. The Morgan fingerprint density at radius 3 is 2.89 bits per heavy atom. The monoisotopic (exact) mass is 361 g/mol. The molecule has 0 amide bonds. The SMILES string of the molecule is Cc1ccc(-c2cc(NC[C@@H](C)c3ccnc4c3OC[C@@H]4C)ncn2)cn1. The smallest absolute Gasteiger partial charge is 0.144 e. The summed E-state index contributed by atoms with van der Waals surface area (Å²) in [6.45, 7) is 7.75. The average Bonchev–Trinajstić information content (AvgIpc) is 3.08. The molecule has 0 saturated heterocycles. The van der Waals surface area contributed by atoms with Crippen LogP contribution in [0.3, 0.4) is 0 Å². The lowest BCUT2D eigenvalue weighted by Gasteiger charge is -2.16. The number of hydrogen-bond acceptors (Lipinski definition) is 6. The molecule has 0 fully saturated rings. The van der Waals surface area contributed by atoms with Gasteiger partial charge in [-0.05, 0) is 25.1 Å². The number of pyridine rings is 2. The fourth-order valence-electron chi connectivity index (χ4n) is 3.26. The second-order valence-electron chi connectivity index (χ2n) is 7.09. The van der Waals surface area contributed by atoms with E-state index in [0.717, 1.165) is 40.8 Å². The van der Waals surface area contributed by atoms with Crippen LogP contribution in [0.1, 0.15) is 42.6 Å². The number of rotatable bonds is 5. The molecule has 6 nitrogen and oxygen atoms in total. The lowest BCUT2D eigenvalue weighted by Crippen LogP contribution is -2.12. The second kappa shape index (κ2) is 7.31. The van der Waals surface area contributed by atoms with Crippen LogP contribution in [-0.2, 0) is 0 Å². The Morgan fingerprint density at radius 2 is 2.07 bits per heavy atom. The van der Waals surface area contributed by atoms with E-state index in [1.807, 2.05) is 43.6 Å². The molecule has 0 aromatic carbocycles. The van der Waals surface area contributed by atoms with Crippen molar-refractivity contribution in [2.24, 2.45) is 0 Å². The van der Waals surface area contributed by atoms with Gasteiger partial charge in [0.25, 0.3) is 0 Å². The molecule has 1 aliphatic rings. The Morgan fingerprint density at radius 1 is 1.19 bits per heavy atom. The molecule has 138 valence electrons. The Hall–Kier alpha value is -3.02. The first kappa shape index (κ1) is 17.4. The maximum absolute atomic E-state index is 5.88. The predicted octanol–water partition coefficient (Wildman–Crippen LogP) is 3.95. The molecule has 27 heavy (non-hydrogen) atoms. The van der Waals surface area contributed by atoms with Crippen LogP contribution in [0, 0.1) is 6.92 Å². The molecular formula is C21H23N5O. The van der Waals surface area contributed by atoms with Gasteiger partial charge in [-0.3, -0.25) is 9.97 Å². The largest absolute Gasteiger partial charge is 0.491 e. The van der Waals surface area contributed by atoms with E-state index >= 15 is 0 Å². The highest BCUT2D eigenvalue weighted by Crippen LogP contribution is 2.38. The van der Waals surface area contributed by atoms with E-state index < -0.39 is 0 Å². The zero-order valence-corrected chi connectivity index (χ0v) is 15.8. The summed E-state index contributed by atoms with van der Waals surface area (Å²) < 4.78 is 5.88. The van der Waals surface area contributed by atoms with Gasteiger partial charge < -0.3 is 10.1 Å². The highest BCUT2D eigenvalue weighted by molar-refractivity contribution is 5.61. The van der Waals surface area contributed by atoms with Gasteiger partial charge >= 0.3 is 0 Å². The molecule has 3 aromatic rings. The molecule has 0 aliphatic carbocycles. The van der Waals surface area contributed by atoms with E-state index in [9.17, 15) is 0 Å². The van der Waals surface area contributed by atoms with E-state index in [2.05, 4.69) is 39.1 Å². The number of nitrogens with zero attached hydrogens (tertiary/aromatic N) is 4. The highest BCUT2D eigenvalue weighted by Gasteiger charge is 2.26. The molecule has 0 bridgehead atoms. The van der Waals surface area contributed by atoms with Gasteiger partial charge in [-0.1, -0.05) is 13.8 Å². The Labute approximate surface area is 159 Å². The van der Waals surface area contributed by atoms with Crippen molar-refractivity contribution in [2.45, 2.75) is 32.6 Å². The van der Waals surface area contributed by atoms with Crippen molar-refractivity contribution in [2.75, 3.05) is 18.5 Å². The molecule has 0 unspecified atom stereocenters. The van der Waals surface area contributed by atoms with Gasteiger partial charge in [0.2, 0.25) is 0 Å². The van der Waals surface area contributed by atoms with Crippen LogP contribution in [0.15, 0.2) is 43.0 Å². The van der Waals surface area contributed by atoms with E-state index in [1.165, 1.54) is 5.56 Å². The topological polar surface area (TPSA) is 72.8 Å². The van der Waals surface area contributed by atoms with Crippen LogP contribution in [-0.4, -0.2) is 33.1 Å². The first-order chi connectivity index (χ1) is 13.1. The fourth-order valence-corrected chi connectivity index (χ4v) is 3.26. The standard InChI is InChI=1S/C21H23N5O/c1-13(17-6-7-22-20-14(2)11-27-21(17)20)9-24-19-8-18(25-12-26-19)16-5-4-15(3)23-10-16/h4-8,10,12-14H,9,11H2,1-3H3,(H,24,25,26)/t13-,14+/m1/s1. The minimum atomic E-state index is 0.270. The normalized spacial score (nSPS) is 16.5. The zero-order chi connectivity index (χ0) is 18.8. The molecule has 1 aliphatic heterocycles. The first-order valence-corrected chi connectivity index (χ1v) is 9.22. The van der Waals surface area contributed by atoms with Gasteiger partial charge in [0.05, 0.1) is 18.0 Å². The molecule has 0 spiro atoms. The minimum absolute atomic E-state index is 0.270. The Bertz CT molecular complexity index is 942. The summed E-state index contributed by atoms with van der Waals surface area (Å²) >= 11 is 0. The van der Waals surface area contributed by atoms with Gasteiger partial charge in [0.15, 0.2) is 0 Å². The molecule has 6 heteroatoms. The number of fused-ring (bicyclic) bond motifs is 1. The molecule has 4 rings (SSSR count). The molecular weight excluding hydrogens is 338 g/mol. The predicted molar refractivity (Wildman–Crippen MR) is 105 cm³/mol. The molecule has 0 radical (unpaired) electrons. The van der Waals surface area contributed by atoms with Crippen LogP contribution in [0.4, 0.5) is 5.82 Å². The highest BCUT2D eigenvalue weighted by atomic mass is 16.5. The summed E-state index contributed by atoms with van der Waals surface area (Å²) in [6.07, 6.45) is 5.29. The maximum atomic E-state index is 5.88. The van der Waals surface area contributed by atoms with Gasteiger partial charge in [0, 0.05) is 53.7 Å². The van der Waals surface area contributed by atoms with E-state index in [1.54, 1.807) is 6.33 Å². The van der Waals surface area contributed by atoms with Crippen molar-refractivity contribution in [3.8, 4) is 17.0 Å². The van der Waals surface area contributed by atoms with Crippen molar-refractivity contribution in [1.82, 2.24) is 19.9 Å². The first-order valence-electron chi connectivity index (χ1n) is 9.22. The number of aromatic nitrogens is 4. The van der Waals surface area contributed by atoms with Crippen molar-refractivity contribution in [1.29, 1.82) is 0 Å². The van der Waals surface area contributed by atoms with Crippen LogP contribution in [0.2, 0.25) is 0 Å². The Balaban J connectivity index is 1.48. The minimum Gasteiger partial charge on any atom is -0.491 e. The van der Waals surface area contributed by atoms with Crippen molar-refractivity contribution < 1.29 is 4.74 Å². The van der Waals surface area contributed by atoms with E-state index in [-0.39, 0.29) is 5.92 Å². The zero-order valence-electron chi connectivity index (χ0n) is 15.8. The van der Waals surface area contributed by atoms with Gasteiger partial charge in [-0.15, -0.1) is 0 Å². The lowest BCUT2D eigenvalue weighted by atomic mass is 9.98. The number of aryl methyl sites for hydroxylation is 1. The number of hydrogen-bond donors (Lipinski definition) is 1. The van der Waals surface area contributed by atoms with Gasteiger partial charge in [0.1, 0.15) is 17.9 Å². The second-order valence-corrected chi connectivity index (χ2v) is 7.09. The average molecular weight is 361 g/mol. The maximum Gasteiger partial charge on any atom is 0.144 e. The number of anilines is 1. The molecule has 0 saturated carbocycles. The van der Waals surface area contributed by atoms with Crippen LogP contribution < -0.4 is 10.1 Å².